The van der Waals surface area contributed by atoms with Crippen molar-refractivity contribution in [3.05, 3.63) is 51.4 Å². The molecule has 0 aliphatic heterocycles. The standard InChI is InChI=1S/C11H7BrN2O/c12-7-5-10-11(15)13-8-3-1-2-4-9(8)14(10)6-7/h1-6H,(H,13,15). The molecule has 1 N–H and O–H groups in total. The van der Waals surface area contributed by atoms with Crippen LogP contribution in [0.15, 0.2) is 45.8 Å². The fourth-order valence-electron chi connectivity index (χ4n) is 1.78. The first-order valence-corrected chi connectivity index (χ1v) is 5.33. The quantitative estimate of drug-likeness (QED) is 0.665. The van der Waals surface area contributed by atoms with Gasteiger partial charge in [0.1, 0.15) is 5.52 Å². The van der Waals surface area contributed by atoms with Crippen LogP contribution in [0.5, 0.6) is 0 Å². The number of fused-ring (bicyclic) bond motifs is 3. The van der Waals surface area contributed by atoms with Crippen molar-refractivity contribution < 1.29 is 0 Å². The predicted molar refractivity (Wildman–Crippen MR) is 63.2 cm³/mol. The molecule has 0 atom stereocenters. The van der Waals surface area contributed by atoms with Crippen molar-refractivity contribution >= 4 is 32.5 Å². The van der Waals surface area contributed by atoms with E-state index in [0.717, 1.165) is 15.5 Å². The van der Waals surface area contributed by atoms with Gasteiger partial charge in [-0.3, -0.25) is 4.79 Å². The van der Waals surface area contributed by atoms with Gasteiger partial charge in [0.05, 0.1) is 11.0 Å². The molecule has 0 aliphatic carbocycles. The lowest BCUT2D eigenvalue weighted by Crippen LogP contribution is -2.09. The van der Waals surface area contributed by atoms with E-state index in [0.29, 0.717) is 5.52 Å². The Morgan fingerprint density at radius 3 is 2.87 bits per heavy atom. The summed E-state index contributed by atoms with van der Waals surface area (Å²) in [4.78, 5) is 14.6. The highest BCUT2D eigenvalue weighted by Gasteiger charge is 2.05. The Morgan fingerprint density at radius 2 is 2.00 bits per heavy atom. The molecule has 3 rings (SSSR count). The summed E-state index contributed by atoms with van der Waals surface area (Å²) in [5.74, 6) is 0. The van der Waals surface area contributed by atoms with Gasteiger partial charge >= 0.3 is 0 Å². The highest BCUT2D eigenvalue weighted by atomic mass is 79.9. The van der Waals surface area contributed by atoms with Gasteiger partial charge in [0, 0.05) is 10.7 Å². The second kappa shape index (κ2) is 2.97. The van der Waals surface area contributed by atoms with Crippen molar-refractivity contribution in [3.63, 3.8) is 0 Å². The van der Waals surface area contributed by atoms with Crippen LogP contribution in [-0.4, -0.2) is 9.38 Å². The molecule has 1 aromatic carbocycles. The van der Waals surface area contributed by atoms with E-state index in [4.69, 9.17) is 0 Å². The third-order valence-electron chi connectivity index (χ3n) is 2.43. The average Bonchev–Trinajstić information content (AvgIpc) is 2.61. The molecule has 4 heteroatoms. The highest BCUT2D eigenvalue weighted by Crippen LogP contribution is 2.17. The zero-order chi connectivity index (χ0) is 10.4. The van der Waals surface area contributed by atoms with Gasteiger partial charge in [-0.05, 0) is 34.1 Å². The number of rotatable bonds is 0. The molecule has 2 aromatic heterocycles. The average molecular weight is 263 g/mol. The first kappa shape index (κ1) is 8.73. The summed E-state index contributed by atoms with van der Waals surface area (Å²) in [6.07, 6.45) is 1.90. The zero-order valence-electron chi connectivity index (χ0n) is 7.70. The maximum atomic E-state index is 11.7. The molecule has 0 fully saturated rings. The number of aromatic amines is 1. The molecule has 74 valence electrons. The zero-order valence-corrected chi connectivity index (χ0v) is 9.28. The molecule has 0 amide bonds. The molecule has 3 aromatic rings. The minimum absolute atomic E-state index is 0.0700. The fraction of sp³-hybridized carbons (Fsp3) is 0. The van der Waals surface area contributed by atoms with Crippen molar-refractivity contribution in [2.45, 2.75) is 0 Å². The van der Waals surface area contributed by atoms with Gasteiger partial charge in [-0.25, -0.2) is 0 Å². The second-order valence-electron chi connectivity index (χ2n) is 3.38. The molecule has 0 saturated carbocycles. The monoisotopic (exact) mass is 262 g/mol. The summed E-state index contributed by atoms with van der Waals surface area (Å²) < 4.78 is 2.79. The first-order valence-electron chi connectivity index (χ1n) is 4.54. The molecule has 2 heterocycles. The minimum atomic E-state index is -0.0700. The van der Waals surface area contributed by atoms with E-state index in [2.05, 4.69) is 20.9 Å². The summed E-state index contributed by atoms with van der Waals surface area (Å²) >= 11 is 3.37. The number of halogens is 1. The van der Waals surface area contributed by atoms with E-state index >= 15 is 0 Å². The van der Waals surface area contributed by atoms with E-state index in [1.807, 2.05) is 40.9 Å². The number of hydrogen-bond acceptors (Lipinski definition) is 1. The van der Waals surface area contributed by atoms with Crippen LogP contribution >= 0.6 is 15.9 Å². The predicted octanol–water partition coefficient (Wildman–Crippen LogP) is 2.54. The fourth-order valence-corrected chi connectivity index (χ4v) is 2.20. The lowest BCUT2D eigenvalue weighted by atomic mass is 10.3. The molecule has 15 heavy (non-hydrogen) atoms. The number of hydrogen-bond donors (Lipinski definition) is 1. The molecule has 0 unspecified atom stereocenters. The van der Waals surface area contributed by atoms with E-state index in [1.165, 1.54) is 0 Å². The molecule has 0 radical (unpaired) electrons. The Labute approximate surface area is 93.5 Å². The Kier molecular flexibility index (Phi) is 1.73. The van der Waals surface area contributed by atoms with Gasteiger partial charge in [0.2, 0.25) is 0 Å². The minimum Gasteiger partial charge on any atom is -0.319 e. The van der Waals surface area contributed by atoms with Crippen LogP contribution in [0.25, 0.3) is 16.6 Å². The largest absolute Gasteiger partial charge is 0.319 e. The van der Waals surface area contributed by atoms with Crippen molar-refractivity contribution in [1.29, 1.82) is 0 Å². The Balaban J connectivity index is 2.69. The number of aromatic nitrogens is 2. The Hall–Kier alpha value is -1.55. The Bertz CT molecular complexity index is 711. The maximum Gasteiger partial charge on any atom is 0.272 e. The maximum absolute atomic E-state index is 11.7. The normalized spacial score (nSPS) is 11.3. The van der Waals surface area contributed by atoms with Crippen molar-refractivity contribution in [2.24, 2.45) is 0 Å². The van der Waals surface area contributed by atoms with Crippen molar-refractivity contribution in [1.82, 2.24) is 9.38 Å². The van der Waals surface area contributed by atoms with E-state index in [-0.39, 0.29) is 5.56 Å². The highest BCUT2D eigenvalue weighted by molar-refractivity contribution is 9.10. The molecule has 0 spiro atoms. The third-order valence-corrected chi connectivity index (χ3v) is 2.86. The molecular weight excluding hydrogens is 256 g/mol. The SMILES string of the molecule is O=c1[nH]c2ccccc2n2cc(Br)cc12. The number of para-hydroxylation sites is 2. The van der Waals surface area contributed by atoms with E-state index in [1.54, 1.807) is 0 Å². The van der Waals surface area contributed by atoms with Gasteiger partial charge in [0.15, 0.2) is 0 Å². The van der Waals surface area contributed by atoms with Crippen LogP contribution in [-0.2, 0) is 0 Å². The second-order valence-corrected chi connectivity index (χ2v) is 4.30. The summed E-state index contributed by atoms with van der Waals surface area (Å²) in [5.41, 5.74) is 2.43. The van der Waals surface area contributed by atoms with Crippen LogP contribution in [0.1, 0.15) is 0 Å². The topological polar surface area (TPSA) is 37.3 Å². The molecule has 3 nitrogen and oxygen atoms in total. The molecule has 0 aliphatic rings. The first-order chi connectivity index (χ1) is 7.25. The summed E-state index contributed by atoms with van der Waals surface area (Å²) in [6, 6.07) is 9.54. The van der Waals surface area contributed by atoms with Crippen LogP contribution < -0.4 is 5.56 Å². The van der Waals surface area contributed by atoms with Crippen LogP contribution in [0.4, 0.5) is 0 Å². The number of benzene rings is 1. The van der Waals surface area contributed by atoms with E-state index < -0.39 is 0 Å². The summed E-state index contributed by atoms with van der Waals surface area (Å²) in [6.45, 7) is 0. The van der Waals surface area contributed by atoms with Gasteiger partial charge in [-0.1, -0.05) is 12.1 Å². The molecule has 0 bridgehead atoms. The van der Waals surface area contributed by atoms with Gasteiger partial charge in [-0.15, -0.1) is 0 Å². The van der Waals surface area contributed by atoms with Crippen LogP contribution in [0.3, 0.4) is 0 Å². The van der Waals surface area contributed by atoms with Gasteiger partial charge < -0.3 is 9.38 Å². The summed E-state index contributed by atoms with van der Waals surface area (Å²) in [7, 11) is 0. The van der Waals surface area contributed by atoms with Gasteiger partial charge in [0.25, 0.3) is 5.56 Å². The lowest BCUT2D eigenvalue weighted by molar-refractivity contribution is 1.19. The van der Waals surface area contributed by atoms with E-state index in [9.17, 15) is 4.79 Å². The van der Waals surface area contributed by atoms with Crippen molar-refractivity contribution in [2.75, 3.05) is 0 Å². The van der Waals surface area contributed by atoms with Crippen LogP contribution in [0, 0.1) is 0 Å². The van der Waals surface area contributed by atoms with Crippen molar-refractivity contribution in [3.8, 4) is 0 Å². The van der Waals surface area contributed by atoms with Gasteiger partial charge in [-0.2, -0.15) is 0 Å². The molecular formula is C11H7BrN2O. The number of H-pyrrole nitrogens is 1. The Morgan fingerprint density at radius 1 is 1.20 bits per heavy atom. The van der Waals surface area contributed by atoms with Crippen LogP contribution in [0.2, 0.25) is 0 Å². The smallest absolute Gasteiger partial charge is 0.272 e. The number of nitrogens with one attached hydrogen (secondary N) is 1. The molecule has 0 saturated heterocycles. The summed E-state index contributed by atoms with van der Waals surface area (Å²) in [5, 5.41) is 0. The number of nitrogens with zero attached hydrogens (tertiary/aromatic N) is 1. The third kappa shape index (κ3) is 1.22. The lowest BCUT2D eigenvalue weighted by Gasteiger charge is -2.00.